The van der Waals surface area contributed by atoms with Crippen LogP contribution in [-0.2, 0) is 4.74 Å². The third-order valence-corrected chi connectivity index (χ3v) is 4.53. The fourth-order valence-corrected chi connectivity index (χ4v) is 3.09. The summed E-state index contributed by atoms with van der Waals surface area (Å²) in [6.07, 6.45) is -0.381. The molecule has 0 radical (unpaired) electrons. The van der Waals surface area contributed by atoms with Gasteiger partial charge in [0, 0.05) is 31.1 Å². The number of morpholine rings is 1. The van der Waals surface area contributed by atoms with Crippen molar-refractivity contribution >= 4 is 5.78 Å². The standard InChI is InChI=1S/C20H22FNO3/c21-17-8-6-16(7-9-17)20(24)13-22-10-11-25-14-18(22)12-19(23)15-4-2-1-3-5-15/h1-9,18,20,24H,10-14H2/t18-,20-/m0/s1. The first-order valence-corrected chi connectivity index (χ1v) is 8.47. The molecular formula is C20H22FNO3. The average molecular weight is 343 g/mol. The minimum atomic E-state index is -0.729. The van der Waals surface area contributed by atoms with E-state index in [9.17, 15) is 14.3 Å². The van der Waals surface area contributed by atoms with Gasteiger partial charge in [-0.25, -0.2) is 4.39 Å². The first-order chi connectivity index (χ1) is 12.1. The number of aliphatic hydroxyl groups is 1. The largest absolute Gasteiger partial charge is 0.387 e. The Bertz CT molecular complexity index is 690. The average Bonchev–Trinajstić information content (AvgIpc) is 2.64. The first-order valence-electron chi connectivity index (χ1n) is 8.47. The maximum Gasteiger partial charge on any atom is 0.164 e. The third-order valence-electron chi connectivity index (χ3n) is 4.53. The lowest BCUT2D eigenvalue weighted by atomic mass is 10.0. The molecule has 1 N–H and O–H groups in total. The van der Waals surface area contributed by atoms with E-state index in [-0.39, 0.29) is 17.6 Å². The Balaban J connectivity index is 1.64. The number of carbonyl (C=O) groups excluding carboxylic acids is 1. The lowest BCUT2D eigenvalue weighted by Gasteiger charge is -2.36. The molecular weight excluding hydrogens is 321 g/mol. The Labute approximate surface area is 146 Å². The second kappa shape index (κ2) is 8.34. The third kappa shape index (κ3) is 4.72. The van der Waals surface area contributed by atoms with Crippen molar-refractivity contribution in [1.29, 1.82) is 0 Å². The van der Waals surface area contributed by atoms with Crippen LogP contribution >= 0.6 is 0 Å². The number of β-amino-alcohol motifs (C(OH)–C–C–N with tert-alkyl or cyclic N) is 1. The molecule has 0 spiro atoms. The number of carbonyl (C=O) groups is 1. The Hall–Kier alpha value is -2.08. The molecule has 2 aromatic carbocycles. The van der Waals surface area contributed by atoms with E-state index < -0.39 is 6.10 Å². The molecule has 1 heterocycles. The van der Waals surface area contributed by atoms with Crippen LogP contribution in [0.4, 0.5) is 4.39 Å². The number of hydrogen-bond acceptors (Lipinski definition) is 4. The highest BCUT2D eigenvalue weighted by Crippen LogP contribution is 2.20. The van der Waals surface area contributed by atoms with Crippen LogP contribution < -0.4 is 0 Å². The zero-order chi connectivity index (χ0) is 17.6. The summed E-state index contributed by atoms with van der Waals surface area (Å²) < 4.78 is 18.6. The van der Waals surface area contributed by atoms with Gasteiger partial charge in [-0.05, 0) is 17.7 Å². The SMILES string of the molecule is O=C(C[C@H]1COCCN1C[C@H](O)c1ccc(F)cc1)c1ccccc1. The normalized spacial score (nSPS) is 19.5. The summed E-state index contributed by atoms with van der Waals surface area (Å²) >= 11 is 0. The zero-order valence-corrected chi connectivity index (χ0v) is 14.0. The molecule has 132 valence electrons. The van der Waals surface area contributed by atoms with Crippen molar-refractivity contribution in [3.63, 3.8) is 0 Å². The summed E-state index contributed by atoms with van der Waals surface area (Å²) in [5.41, 5.74) is 1.35. The first kappa shape index (κ1) is 17.7. The predicted molar refractivity (Wildman–Crippen MR) is 92.9 cm³/mol. The number of benzene rings is 2. The smallest absolute Gasteiger partial charge is 0.164 e. The molecule has 0 amide bonds. The lowest BCUT2D eigenvalue weighted by molar-refractivity contribution is -0.0272. The number of rotatable bonds is 6. The molecule has 25 heavy (non-hydrogen) atoms. The highest BCUT2D eigenvalue weighted by atomic mass is 19.1. The quantitative estimate of drug-likeness (QED) is 0.820. The van der Waals surface area contributed by atoms with Gasteiger partial charge in [0.05, 0.1) is 19.3 Å². The molecule has 0 unspecified atom stereocenters. The van der Waals surface area contributed by atoms with E-state index in [0.717, 1.165) is 0 Å². The van der Waals surface area contributed by atoms with Crippen molar-refractivity contribution in [3.05, 3.63) is 71.5 Å². The Morgan fingerprint density at radius 3 is 2.64 bits per heavy atom. The van der Waals surface area contributed by atoms with Crippen LogP contribution in [-0.4, -0.2) is 48.1 Å². The molecule has 0 saturated carbocycles. The van der Waals surface area contributed by atoms with E-state index in [0.29, 0.717) is 43.9 Å². The number of hydrogen-bond donors (Lipinski definition) is 1. The fourth-order valence-electron chi connectivity index (χ4n) is 3.09. The van der Waals surface area contributed by atoms with Gasteiger partial charge < -0.3 is 9.84 Å². The summed E-state index contributed by atoms with van der Waals surface area (Å²) in [7, 11) is 0. The Morgan fingerprint density at radius 1 is 1.20 bits per heavy atom. The molecule has 0 aromatic heterocycles. The molecule has 1 saturated heterocycles. The van der Waals surface area contributed by atoms with Gasteiger partial charge in [0.2, 0.25) is 0 Å². The maximum atomic E-state index is 13.0. The van der Waals surface area contributed by atoms with Crippen LogP contribution in [0.3, 0.4) is 0 Å². The van der Waals surface area contributed by atoms with Crippen molar-refractivity contribution in [3.8, 4) is 0 Å². The van der Waals surface area contributed by atoms with Gasteiger partial charge in [0.15, 0.2) is 5.78 Å². The van der Waals surface area contributed by atoms with Crippen molar-refractivity contribution < 1.29 is 19.0 Å². The second-order valence-corrected chi connectivity index (χ2v) is 6.28. The summed E-state index contributed by atoms with van der Waals surface area (Å²) in [4.78, 5) is 14.5. The number of ketones is 1. The van der Waals surface area contributed by atoms with Crippen molar-refractivity contribution in [2.75, 3.05) is 26.3 Å². The van der Waals surface area contributed by atoms with Gasteiger partial charge in [0.25, 0.3) is 0 Å². The minimum absolute atomic E-state index is 0.0670. The molecule has 2 aromatic rings. The van der Waals surface area contributed by atoms with Gasteiger partial charge in [-0.15, -0.1) is 0 Å². The molecule has 1 aliphatic heterocycles. The predicted octanol–water partition coefficient (Wildman–Crippen LogP) is 2.83. The number of ether oxygens (including phenoxy) is 1. The van der Waals surface area contributed by atoms with Crippen LogP contribution in [0.5, 0.6) is 0 Å². The van der Waals surface area contributed by atoms with Crippen molar-refractivity contribution in [1.82, 2.24) is 4.90 Å². The highest BCUT2D eigenvalue weighted by Gasteiger charge is 2.27. The molecule has 1 fully saturated rings. The minimum Gasteiger partial charge on any atom is -0.387 e. The van der Waals surface area contributed by atoms with E-state index in [2.05, 4.69) is 4.90 Å². The number of nitrogens with zero attached hydrogens (tertiary/aromatic N) is 1. The summed E-state index contributed by atoms with van der Waals surface area (Å²) in [6, 6.07) is 15.0. The summed E-state index contributed by atoms with van der Waals surface area (Å²) in [6.45, 7) is 2.09. The lowest BCUT2D eigenvalue weighted by Crippen LogP contribution is -2.48. The number of Topliss-reactive ketones (excluding diaryl/α,β-unsaturated/α-hetero) is 1. The zero-order valence-electron chi connectivity index (χ0n) is 14.0. The van der Waals surface area contributed by atoms with E-state index in [4.69, 9.17) is 4.74 Å². The second-order valence-electron chi connectivity index (χ2n) is 6.28. The molecule has 2 atom stereocenters. The summed E-state index contributed by atoms with van der Waals surface area (Å²) in [5.74, 6) is -0.258. The fraction of sp³-hybridized carbons (Fsp3) is 0.350. The molecule has 0 aliphatic carbocycles. The van der Waals surface area contributed by atoms with Crippen LogP contribution in [0.2, 0.25) is 0 Å². The van der Waals surface area contributed by atoms with E-state index >= 15 is 0 Å². The molecule has 3 rings (SSSR count). The Morgan fingerprint density at radius 2 is 1.92 bits per heavy atom. The van der Waals surface area contributed by atoms with Gasteiger partial charge in [-0.3, -0.25) is 9.69 Å². The van der Waals surface area contributed by atoms with Gasteiger partial charge >= 0.3 is 0 Å². The molecule has 4 nitrogen and oxygen atoms in total. The number of halogens is 1. The van der Waals surface area contributed by atoms with Crippen molar-refractivity contribution in [2.45, 2.75) is 18.6 Å². The molecule has 0 bridgehead atoms. The monoisotopic (exact) mass is 343 g/mol. The van der Waals surface area contributed by atoms with Crippen LogP contribution in [0, 0.1) is 5.82 Å². The van der Waals surface area contributed by atoms with E-state index in [1.165, 1.54) is 12.1 Å². The van der Waals surface area contributed by atoms with Crippen LogP contribution in [0.25, 0.3) is 0 Å². The summed E-state index contributed by atoms with van der Waals surface area (Å²) in [5, 5.41) is 10.4. The topological polar surface area (TPSA) is 49.8 Å². The van der Waals surface area contributed by atoms with Gasteiger partial charge in [-0.1, -0.05) is 42.5 Å². The maximum absolute atomic E-state index is 13.0. The Kier molecular flexibility index (Phi) is 5.91. The number of aliphatic hydroxyl groups excluding tert-OH is 1. The van der Waals surface area contributed by atoms with E-state index in [1.54, 1.807) is 12.1 Å². The van der Waals surface area contributed by atoms with E-state index in [1.807, 2.05) is 30.3 Å². The van der Waals surface area contributed by atoms with Crippen LogP contribution in [0.15, 0.2) is 54.6 Å². The molecule has 1 aliphatic rings. The van der Waals surface area contributed by atoms with Crippen molar-refractivity contribution in [2.24, 2.45) is 0 Å². The highest BCUT2D eigenvalue weighted by molar-refractivity contribution is 5.96. The van der Waals surface area contributed by atoms with Gasteiger partial charge in [0.1, 0.15) is 5.82 Å². The van der Waals surface area contributed by atoms with Gasteiger partial charge in [-0.2, -0.15) is 0 Å². The molecule has 5 heteroatoms. The van der Waals surface area contributed by atoms with Crippen LogP contribution in [0.1, 0.15) is 28.4 Å².